The van der Waals surface area contributed by atoms with Gasteiger partial charge >= 0.3 is 0 Å². The normalized spacial score (nSPS) is 11.6. The first-order valence-electron chi connectivity index (χ1n) is 16.7. The van der Waals surface area contributed by atoms with E-state index in [1.54, 1.807) is 0 Å². The van der Waals surface area contributed by atoms with Crippen molar-refractivity contribution in [3.05, 3.63) is 164 Å². The second-order valence-corrected chi connectivity index (χ2v) is 12.5. The smallest absolute Gasteiger partial charge is 0.164 e. The Labute approximate surface area is 287 Å². The first-order chi connectivity index (χ1) is 24.8. The lowest BCUT2D eigenvalue weighted by Gasteiger charge is -2.14. The van der Waals surface area contributed by atoms with Crippen LogP contribution < -0.4 is 0 Å². The molecule has 8 aromatic carbocycles. The van der Waals surface area contributed by atoms with Gasteiger partial charge in [-0.25, -0.2) is 24.9 Å². The Morgan fingerprint density at radius 3 is 1.36 bits per heavy atom. The topological polar surface area (TPSA) is 64.5 Å². The zero-order chi connectivity index (χ0) is 33.0. The molecule has 0 N–H and O–H groups in total. The van der Waals surface area contributed by atoms with Crippen LogP contribution in [0.3, 0.4) is 0 Å². The third-order valence-corrected chi connectivity index (χ3v) is 9.54. The van der Waals surface area contributed by atoms with E-state index < -0.39 is 0 Å². The van der Waals surface area contributed by atoms with Crippen molar-refractivity contribution in [3.63, 3.8) is 0 Å². The van der Waals surface area contributed by atoms with E-state index in [-0.39, 0.29) is 0 Å². The SMILES string of the molecule is c1ccc(-c2nc(-c3ccccc3)nc(-c3ccc(-c4ncc5c6ccccc6c6cc7ccccc7cc6c5n4)c4ccccc34)n2)cc1. The van der Waals surface area contributed by atoms with Gasteiger partial charge in [-0.2, -0.15) is 0 Å². The van der Waals surface area contributed by atoms with Gasteiger partial charge in [0.05, 0.1) is 5.52 Å². The lowest BCUT2D eigenvalue weighted by molar-refractivity contribution is 1.08. The van der Waals surface area contributed by atoms with Crippen LogP contribution in [-0.2, 0) is 0 Å². The standard InChI is InChI=1S/C45H27N5/c1-3-13-28(14-4-1)42-48-43(29-15-5-2-6-16-29)50-45(49-42)37-24-23-36(32-19-9-10-20-33(32)37)44-46-27-40-35-22-12-11-21-34(35)38-25-30-17-7-8-18-31(30)26-39(38)41(40)47-44/h1-27H. The molecular formula is C45H27N5. The van der Waals surface area contributed by atoms with Gasteiger partial charge in [0.2, 0.25) is 0 Å². The van der Waals surface area contributed by atoms with Crippen LogP contribution in [-0.4, -0.2) is 24.9 Å². The van der Waals surface area contributed by atoms with E-state index >= 15 is 0 Å². The van der Waals surface area contributed by atoms with Crippen LogP contribution in [0.4, 0.5) is 0 Å². The van der Waals surface area contributed by atoms with Crippen molar-refractivity contribution in [2.24, 2.45) is 0 Å². The summed E-state index contributed by atoms with van der Waals surface area (Å²) in [7, 11) is 0. The molecule has 50 heavy (non-hydrogen) atoms. The lowest BCUT2D eigenvalue weighted by Crippen LogP contribution is -2.01. The van der Waals surface area contributed by atoms with Crippen LogP contribution in [0.25, 0.3) is 99.5 Å². The molecule has 2 heterocycles. The Bertz CT molecular complexity index is 2860. The first kappa shape index (κ1) is 28.2. The van der Waals surface area contributed by atoms with Gasteiger partial charge in [0.15, 0.2) is 23.3 Å². The van der Waals surface area contributed by atoms with Crippen molar-refractivity contribution in [2.75, 3.05) is 0 Å². The molecule has 232 valence electrons. The van der Waals surface area contributed by atoms with Gasteiger partial charge in [-0.15, -0.1) is 0 Å². The summed E-state index contributed by atoms with van der Waals surface area (Å²) in [6.07, 6.45) is 1.99. The quantitative estimate of drug-likeness (QED) is 0.142. The van der Waals surface area contributed by atoms with E-state index in [4.69, 9.17) is 24.9 Å². The molecule has 0 aliphatic carbocycles. The summed E-state index contributed by atoms with van der Waals surface area (Å²) in [5.41, 5.74) is 4.69. The van der Waals surface area contributed by atoms with Gasteiger partial charge in [-0.3, -0.25) is 0 Å². The highest BCUT2D eigenvalue weighted by Crippen LogP contribution is 2.39. The largest absolute Gasteiger partial charge is 0.236 e. The number of fused-ring (bicyclic) bond motifs is 8. The maximum absolute atomic E-state index is 5.34. The van der Waals surface area contributed by atoms with Gasteiger partial charge in [-0.1, -0.05) is 133 Å². The van der Waals surface area contributed by atoms with Crippen LogP contribution in [0.15, 0.2) is 164 Å². The molecule has 10 aromatic rings. The fourth-order valence-corrected chi connectivity index (χ4v) is 7.14. The molecule has 0 fully saturated rings. The third kappa shape index (κ3) is 4.60. The van der Waals surface area contributed by atoms with E-state index in [1.807, 2.05) is 66.9 Å². The minimum atomic E-state index is 0.615. The molecule has 0 saturated heterocycles. The van der Waals surface area contributed by atoms with Crippen molar-refractivity contribution in [1.29, 1.82) is 0 Å². The maximum Gasteiger partial charge on any atom is 0.164 e. The van der Waals surface area contributed by atoms with Crippen LogP contribution in [0.5, 0.6) is 0 Å². The molecule has 0 spiro atoms. The molecule has 0 bridgehead atoms. The average molecular weight is 638 g/mol. The molecule has 10 rings (SSSR count). The van der Waals surface area contributed by atoms with Crippen LogP contribution >= 0.6 is 0 Å². The zero-order valence-electron chi connectivity index (χ0n) is 26.8. The summed E-state index contributed by atoms with van der Waals surface area (Å²) in [6.45, 7) is 0. The molecule has 2 aromatic heterocycles. The van der Waals surface area contributed by atoms with Crippen molar-refractivity contribution in [3.8, 4) is 45.6 Å². The molecule has 0 aliphatic rings. The van der Waals surface area contributed by atoms with Gasteiger partial charge in [0, 0.05) is 39.2 Å². The summed E-state index contributed by atoms with van der Waals surface area (Å²) in [6, 6.07) is 54.3. The number of hydrogen-bond donors (Lipinski definition) is 0. The van der Waals surface area contributed by atoms with Crippen molar-refractivity contribution in [2.45, 2.75) is 0 Å². The number of benzene rings is 8. The van der Waals surface area contributed by atoms with Crippen LogP contribution in [0.1, 0.15) is 0 Å². The highest BCUT2D eigenvalue weighted by atomic mass is 15.0. The highest BCUT2D eigenvalue weighted by molar-refractivity contribution is 6.26. The maximum atomic E-state index is 5.34. The second kappa shape index (κ2) is 11.4. The van der Waals surface area contributed by atoms with E-state index in [0.29, 0.717) is 23.3 Å². The average Bonchev–Trinajstić information content (AvgIpc) is 3.20. The van der Waals surface area contributed by atoms with Crippen molar-refractivity contribution >= 4 is 54.0 Å². The Morgan fingerprint density at radius 1 is 0.300 bits per heavy atom. The van der Waals surface area contributed by atoms with Gasteiger partial charge in [-0.05, 0) is 62.0 Å². The highest BCUT2D eigenvalue weighted by Gasteiger charge is 2.18. The first-order valence-corrected chi connectivity index (χ1v) is 16.7. The Balaban J connectivity index is 1.20. The molecule has 0 atom stereocenters. The van der Waals surface area contributed by atoms with Gasteiger partial charge < -0.3 is 0 Å². The van der Waals surface area contributed by atoms with Crippen molar-refractivity contribution < 1.29 is 0 Å². The second-order valence-electron chi connectivity index (χ2n) is 12.5. The van der Waals surface area contributed by atoms with E-state index in [1.165, 1.54) is 21.5 Å². The molecule has 0 unspecified atom stereocenters. The number of aromatic nitrogens is 5. The summed E-state index contributed by atoms with van der Waals surface area (Å²) < 4.78 is 0. The number of nitrogens with zero attached hydrogens (tertiary/aromatic N) is 5. The molecule has 0 aliphatic heterocycles. The molecule has 0 amide bonds. The molecule has 5 heteroatoms. The van der Waals surface area contributed by atoms with Crippen molar-refractivity contribution in [1.82, 2.24) is 24.9 Å². The molecular weight excluding hydrogens is 611 g/mol. The predicted octanol–water partition coefficient (Wildman–Crippen LogP) is 11.1. The Kier molecular flexibility index (Phi) is 6.42. The minimum absolute atomic E-state index is 0.615. The fraction of sp³-hybridized carbons (Fsp3) is 0. The molecule has 5 nitrogen and oxygen atoms in total. The molecule has 0 radical (unpaired) electrons. The zero-order valence-corrected chi connectivity index (χ0v) is 26.8. The van der Waals surface area contributed by atoms with E-state index in [0.717, 1.165) is 54.7 Å². The Morgan fingerprint density at radius 2 is 0.760 bits per heavy atom. The van der Waals surface area contributed by atoms with Gasteiger partial charge in [0.25, 0.3) is 0 Å². The minimum Gasteiger partial charge on any atom is -0.236 e. The summed E-state index contributed by atoms with van der Waals surface area (Å²) in [5.74, 6) is 2.55. The monoisotopic (exact) mass is 637 g/mol. The lowest BCUT2D eigenvalue weighted by atomic mass is 9.95. The number of hydrogen-bond acceptors (Lipinski definition) is 5. The van der Waals surface area contributed by atoms with Crippen LogP contribution in [0.2, 0.25) is 0 Å². The molecule has 0 saturated carbocycles. The van der Waals surface area contributed by atoms with E-state index in [2.05, 4.69) is 97.1 Å². The Hall–Kier alpha value is -6.85. The van der Waals surface area contributed by atoms with Gasteiger partial charge in [0.1, 0.15) is 0 Å². The summed E-state index contributed by atoms with van der Waals surface area (Å²) in [4.78, 5) is 25.3. The third-order valence-electron chi connectivity index (χ3n) is 9.54. The predicted molar refractivity (Wildman–Crippen MR) is 205 cm³/mol. The summed E-state index contributed by atoms with van der Waals surface area (Å²) in [5, 5.41) is 10.2. The van der Waals surface area contributed by atoms with E-state index in [9.17, 15) is 0 Å². The van der Waals surface area contributed by atoms with Crippen LogP contribution in [0, 0.1) is 0 Å². The number of rotatable bonds is 4. The fourth-order valence-electron chi connectivity index (χ4n) is 7.14. The summed E-state index contributed by atoms with van der Waals surface area (Å²) >= 11 is 0.